The van der Waals surface area contributed by atoms with Crippen LogP contribution in [0.15, 0.2) is 48.5 Å². The highest BCUT2D eigenvalue weighted by atomic mass is 16.1. The van der Waals surface area contributed by atoms with Crippen molar-refractivity contribution >= 4 is 5.91 Å². The fourth-order valence-electron chi connectivity index (χ4n) is 2.64. The lowest BCUT2D eigenvalue weighted by molar-refractivity contribution is 0.0950. The van der Waals surface area contributed by atoms with E-state index in [1.54, 1.807) is 0 Å². The molecule has 24 heavy (non-hydrogen) atoms. The minimum absolute atomic E-state index is 0.0591. The van der Waals surface area contributed by atoms with Crippen LogP contribution < -0.4 is 11.1 Å². The number of benzene rings is 2. The van der Waals surface area contributed by atoms with Crippen molar-refractivity contribution in [3.8, 4) is 0 Å². The molecule has 4 nitrogen and oxygen atoms in total. The van der Waals surface area contributed by atoms with Gasteiger partial charge in [-0.05, 0) is 41.9 Å². The molecule has 2 rings (SSSR count). The monoisotopic (exact) mass is 325 g/mol. The fraction of sp³-hybridized carbons (Fsp3) is 0.350. The second kappa shape index (κ2) is 9.21. The van der Waals surface area contributed by atoms with E-state index in [1.165, 1.54) is 5.56 Å². The average molecular weight is 325 g/mol. The molecule has 2 aromatic carbocycles. The number of carbonyl (C=O) groups is 1. The van der Waals surface area contributed by atoms with Crippen molar-refractivity contribution < 1.29 is 4.79 Å². The Morgan fingerprint density at radius 2 is 1.62 bits per heavy atom. The molecule has 0 atom stereocenters. The quantitative estimate of drug-likeness (QED) is 0.784. The van der Waals surface area contributed by atoms with Crippen LogP contribution >= 0.6 is 0 Å². The van der Waals surface area contributed by atoms with Gasteiger partial charge in [0.2, 0.25) is 0 Å². The third-order valence-electron chi connectivity index (χ3n) is 4.30. The van der Waals surface area contributed by atoms with Crippen molar-refractivity contribution in [1.29, 1.82) is 0 Å². The van der Waals surface area contributed by atoms with E-state index in [0.29, 0.717) is 18.7 Å². The molecule has 0 aliphatic heterocycles. The standard InChI is InChI=1S/C20H27N3O/c1-3-23(4-2)15-19-8-6-5-7-18(19)14-22-20(24)17-11-9-16(13-21)10-12-17/h5-12H,3-4,13-15,21H2,1-2H3,(H,22,24). The molecule has 1 amide bonds. The van der Waals surface area contributed by atoms with Gasteiger partial charge in [0.05, 0.1) is 0 Å². The topological polar surface area (TPSA) is 58.4 Å². The summed E-state index contributed by atoms with van der Waals surface area (Å²) in [6.07, 6.45) is 0. The van der Waals surface area contributed by atoms with E-state index in [2.05, 4.69) is 42.3 Å². The van der Waals surface area contributed by atoms with Crippen LogP contribution in [0.3, 0.4) is 0 Å². The van der Waals surface area contributed by atoms with E-state index in [4.69, 9.17) is 5.73 Å². The molecular weight excluding hydrogens is 298 g/mol. The Kier molecular flexibility index (Phi) is 6.97. The zero-order valence-electron chi connectivity index (χ0n) is 14.6. The van der Waals surface area contributed by atoms with E-state index < -0.39 is 0 Å². The van der Waals surface area contributed by atoms with Crippen LogP contribution in [0.1, 0.15) is 40.9 Å². The SMILES string of the molecule is CCN(CC)Cc1ccccc1CNC(=O)c1ccc(CN)cc1. The highest BCUT2D eigenvalue weighted by Crippen LogP contribution is 2.12. The van der Waals surface area contributed by atoms with Crippen molar-refractivity contribution in [2.45, 2.75) is 33.5 Å². The summed E-state index contributed by atoms with van der Waals surface area (Å²) in [6, 6.07) is 15.7. The molecule has 0 bridgehead atoms. The highest BCUT2D eigenvalue weighted by Gasteiger charge is 2.09. The van der Waals surface area contributed by atoms with E-state index in [1.807, 2.05) is 30.3 Å². The van der Waals surface area contributed by atoms with Gasteiger partial charge in [-0.3, -0.25) is 9.69 Å². The Bertz CT molecular complexity index is 648. The van der Waals surface area contributed by atoms with Gasteiger partial charge in [-0.25, -0.2) is 0 Å². The van der Waals surface area contributed by atoms with Crippen LogP contribution in [0.25, 0.3) is 0 Å². The first-order valence-electron chi connectivity index (χ1n) is 8.54. The molecule has 0 aromatic heterocycles. The number of amides is 1. The third-order valence-corrected chi connectivity index (χ3v) is 4.30. The van der Waals surface area contributed by atoms with Crippen molar-refractivity contribution in [2.75, 3.05) is 13.1 Å². The molecule has 0 aliphatic carbocycles. The lowest BCUT2D eigenvalue weighted by Crippen LogP contribution is -2.26. The van der Waals surface area contributed by atoms with Gasteiger partial charge in [-0.15, -0.1) is 0 Å². The van der Waals surface area contributed by atoms with E-state index in [-0.39, 0.29) is 5.91 Å². The molecule has 128 valence electrons. The molecule has 0 saturated heterocycles. The van der Waals surface area contributed by atoms with E-state index in [9.17, 15) is 4.79 Å². The summed E-state index contributed by atoms with van der Waals surface area (Å²) in [6.45, 7) is 8.30. The lowest BCUT2D eigenvalue weighted by atomic mass is 10.1. The molecule has 0 heterocycles. The molecule has 4 heteroatoms. The van der Waals surface area contributed by atoms with Crippen LogP contribution in [0, 0.1) is 0 Å². The van der Waals surface area contributed by atoms with Gasteiger partial charge in [0.25, 0.3) is 5.91 Å². The number of rotatable bonds is 8. The van der Waals surface area contributed by atoms with Crippen molar-refractivity contribution in [3.63, 3.8) is 0 Å². The number of nitrogens with one attached hydrogen (secondary N) is 1. The van der Waals surface area contributed by atoms with Gasteiger partial charge in [0.1, 0.15) is 0 Å². The van der Waals surface area contributed by atoms with Crippen molar-refractivity contribution in [1.82, 2.24) is 10.2 Å². The summed E-state index contributed by atoms with van der Waals surface area (Å²) in [5.74, 6) is -0.0591. The van der Waals surface area contributed by atoms with Gasteiger partial charge < -0.3 is 11.1 Å². The molecule has 0 aliphatic rings. The van der Waals surface area contributed by atoms with Crippen LogP contribution in [-0.4, -0.2) is 23.9 Å². The summed E-state index contributed by atoms with van der Waals surface area (Å²) in [5.41, 5.74) is 9.70. The van der Waals surface area contributed by atoms with E-state index in [0.717, 1.165) is 30.8 Å². The first-order valence-corrected chi connectivity index (χ1v) is 8.54. The number of hydrogen-bond acceptors (Lipinski definition) is 3. The van der Waals surface area contributed by atoms with Gasteiger partial charge >= 0.3 is 0 Å². The van der Waals surface area contributed by atoms with E-state index >= 15 is 0 Å². The minimum Gasteiger partial charge on any atom is -0.348 e. The molecule has 0 fully saturated rings. The second-order valence-corrected chi connectivity index (χ2v) is 5.81. The molecular formula is C20H27N3O. The van der Waals surface area contributed by atoms with Gasteiger partial charge in [0, 0.05) is 25.2 Å². The molecule has 3 N–H and O–H groups in total. The van der Waals surface area contributed by atoms with Crippen molar-refractivity contribution in [2.24, 2.45) is 5.73 Å². The fourth-order valence-corrected chi connectivity index (χ4v) is 2.64. The first-order chi connectivity index (χ1) is 11.7. The molecule has 2 aromatic rings. The smallest absolute Gasteiger partial charge is 0.251 e. The predicted octanol–water partition coefficient (Wildman–Crippen LogP) is 2.92. The summed E-state index contributed by atoms with van der Waals surface area (Å²) < 4.78 is 0. The molecule has 0 unspecified atom stereocenters. The first kappa shape index (κ1) is 18.2. The number of nitrogens with zero attached hydrogens (tertiary/aromatic N) is 1. The second-order valence-electron chi connectivity index (χ2n) is 5.81. The Hall–Kier alpha value is -2.17. The summed E-state index contributed by atoms with van der Waals surface area (Å²) in [4.78, 5) is 14.7. The normalized spacial score (nSPS) is 10.8. The maximum absolute atomic E-state index is 12.3. The Morgan fingerprint density at radius 1 is 1.00 bits per heavy atom. The van der Waals surface area contributed by atoms with Gasteiger partial charge in [0.15, 0.2) is 0 Å². The maximum Gasteiger partial charge on any atom is 0.251 e. The van der Waals surface area contributed by atoms with Crippen LogP contribution in [0.2, 0.25) is 0 Å². The third kappa shape index (κ3) is 4.91. The van der Waals surface area contributed by atoms with Crippen LogP contribution in [0.5, 0.6) is 0 Å². The summed E-state index contributed by atoms with van der Waals surface area (Å²) in [5, 5.41) is 3.01. The van der Waals surface area contributed by atoms with Crippen LogP contribution in [-0.2, 0) is 19.6 Å². The van der Waals surface area contributed by atoms with Crippen LogP contribution in [0.4, 0.5) is 0 Å². The molecule has 0 saturated carbocycles. The Balaban J connectivity index is 2.01. The molecule has 0 radical (unpaired) electrons. The lowest BCUT2D eigenvalue weighted by Gasteiger charge is -2.20. The highest BCUT2D eigenvalue weighted by molar-refractivity contribution is 5.94. The van der Waals surface area contributed by atoms with Gasteiger partial charge in [-0.1, -0.05) is 50.2 Å². The summed E-state index contributed by atoms with van der Waals surface area (Å²) in [7, 11) is 0. The number of carbonyl (C=O) groups excluding carboxylic acids is 1. The Morgan fingerprint density at radius 3 is 2.21 bits per heavy atom. The number of hydrogen-bond donors (Lipinski definition) is 2. The largest absolute Gasteiger partial charge is 0.348 e. The predicted molar refractivity (Wildman–Crippen MR) is 98.6 cm³/mol. The van der Waals surface area contributed by atoms with Crippen molar-refractivity contribution in [3.05, 3.63) is 70.8 Å². The zero-order chi connectivity index (χ0) is 17.4. The molecule has 0 spiro atoms. The zero-order valence-corrected chi connectivity index (χ0v) is 14.6. The minimum atomic E-state index is -0.0591. The Labute approximate surface area is 144 Å². The summed E-state index contributed by atoms with van der Waals surface area (Å²) >= 11 is 0. The number of nitrogens with two attached hydrogens (primary N) is 1. The average Bonchev–Trinajstić information content (AvgIpc) is 2.65. The van der Waals surface area contributed by atoms with Gasteiger partial charge in [-0.2, -0.15) is 0 Å². The maximum atomic E-state index is 12.3.